The van der Waals surface area contributed by atoms with Gasteiger partial charge in [0, 0.05) is 12.3 Å². The molecule has 70 valence electrons. The lowest BCUT2D eigenvalue weighted by Crippen LogP contribution is -2.42. The van der Waals surface area contributed by atoms with Crippen LogP contribution >= 0.6 is 0 Å². The third-order valence-corrected chi connectivity index (χ3v) is 1.55. The monoisotopic (exact) mass is 182 g/mol. The highest BCUT2D eigenvalue weighted by atomic mass is 16.1. The van der Waals surface area contributed by atoms with E-state index in [0.29, 0.717) is 0 Å². The van der Waals surface area contributed by atoms with Crippen LogP contribution in [0.5, 0.6) is 0 Å². The van der Waals surface area contributed by atoms with Crippen LogP contribution in [0.25, 0.3) is 0 Å². The van der Waals surface area contributed by atoms with Crippen molar-refractivity contribution >= 4 is 5.91 Å². The summed E-state index contributed by atoms with van der Waals surface area (Å²) in [5.74, 6) is -0.643. The maximum absolute atomic E-state index is 11.1. The van der Waals surface area contributed by atoms with Crippen molar-refractivity contribution in [3.63, 3.8) is 0 Å². The number of nitrogens with two attached hydrogens (primary N) is 2. The first kappa shape index (κ1) is 9.40. The number of rotatable bonds is 3. The molecule has 1 amide bonds. The van der Waals surface area contributed by atoms with Gasteiger partial charge in [-0.15, -0.1) is 0 Å². The lowest BCUT2D eigenvalue weighted by molar-refractivity contribution is -0.119. The van der Waals surface area contributed by atoms with Gasteiger partial charge in [0.15, 0.2) is 0 Å². The van der Waals surface area contributed by atoms with Gasteiger partial charge < -0.3 is 11.5 Å². The van der Waals surface area contributed by atoms with E-state index in [4.69, 9.17) is 11.5 Å². The van der Waals surface area contributed by atoms with Crippen LogP contribution in [-0.2, 0) is 11.3 Å². The Morgan fingerprint density at radius 2 is 2.38 bits per heavy atom. The summed E-state index contributed by atoms with van der Waals surface area (Å²) >= 11 is 0. The molecule has 0 bridgehead atoms. The van der Waals surface area contributed by atoms with Crippen LogP contribution in [-0.4, -0.2) is 21.5 Å². The maximum Gasteiger partial charge on any atom is 0.253 e. The molecule has 4 N–H and O–H groups in total. The third-order valence-electron chi connectivity index (χ3n) is 1.55. The molecule has 13 heavy (non-hydrogen) atoms. The fourth-order valence-corrected chi connectivity index (χ4v) is 0.817. The molecule has 0 fully saturated rings. The molecule has 0 radical (unpaired) electrons. The Morgan fingerprint density at radius 3 is 2.92 bits per heavy atom. The molecule has 1 aromatic rings. The van der Waals surface area contributed by atoms with Crippen molar-refractivity contribution in [2.75, 3.05) is 0 Å². The quantitative estimate of drug-likeness (QED) is 0.567. The zero-order chi connectivity index (χ0) is 9.84. The van der Waals surface area contributed by atoms with Crippen molar-refractivity contribution in [2.24, 2.45) is 11.5 Å². The first-order valence-corrected chi connectivity index (χ1v) is 3.66. The average molecular weight is 182 g/mol. The number of aromatic nitrogens is 2. The average Bonchev–Trinajstić information content (AvgIpc) is 2.08. The van der Waals surface area contributed by atoms with E-state index in [1.54, 1.807) is 0 Å². The molecule has 6 heteroatoms. The number of nitrogens with zero attached hydrogens (tertiary/aromatic N) is 2. The SMILES string of the molecule is NC(=O)C(N)Cn1cnccc1=O. The first-order chi connectivity index (χ1) is 6.11. The fourth-order valence-electron chi connectivity index (χ4n) is 0.817. The van der Waals surface area contributed by atoms with E-state index in [1.807, 2.05) is 0 Å². The van der Waals surface area contributed by atoms with E-state index in [0.717, 1.165) is 0 Å². The van der Waals surface area contributed by atoms with Gasteiger partial charge in [-0.05, 0) is 0 Å². The van der Waals surface area contributed by atoms with Gasteiger partial charge in [-0.1, -0.05) is 0 Å². The lowest BCUT2D eigenvalue weighted by atomic mass is 10.3. The fraction of sp³-hybridized carbons (Fsp3) is 0.286. The van der Waals surface area contributed by atoms with E-state index in [2.05, 4.69) is 4.98 Å². The van der Waals surface area contributed by atoms with E-state index in [9.17, 15) is 9.59 Å². The van der Waals surface area contributed by atoms with Gasteiger partial charge in [0.2, 0.25) is 5.91 Å². The minimum absolute atomic E-state index is 0.0575. The van der Waals surface area contributed by atoms with Gasteiger partial charge in [-0.25, -0.2) is 4.98 Å². The van der Waals surface area contributed by atoms with Crippen LogP contribution < -0.4 is 17.0 Å². The van der Waals surface area contributed by atoms with E-state index < -0.39 is 11.9 Å². The van der Waals surface area contributed by atoms with Crippen molar-refractivity contribution in [1.82, 2.24) is 9.55 Å². The maximum atomic E-state index is 11.1. The number of carbonyl (C=O) groups excluding carboxylic acids is 1. The summed E-state index contributed by atoms with van der Waals surface area (Å²) in [6.07, 6.45) is 2.68. The Balaban J connectivity index is 2.81. The van der Waals surface area contributed by atoms with E-state index in [1.165, 1.54) is 23.2 Å². The molecular formula is C7H10N4O2. The van der Waals surface area contributed by atoms with Crippen molar-refractivity contribution in [2.45, 2.75) is 12.6 Å². The van der Waals surface area contributed by atoms with Crippen molar-refractivity contribution in [3.8, 4) is 0 Å². The van der Waals surface area contributed by atoms with Crippen LogP contribution in [0.15, 0.2) is 23.4 Å². The van der Waals surface area contributed by atoms with Gasteiger partial charge in [-0.3, -0.25) is 14.2 Å². The second-order valence-electron chi connectivity index (χ2n) is 2.58. The lowest BCUT2D eigenvalue weighted by Gasteiger charge is -2.08. The molecule has 1 unspecified atom stereocenters. The Morgan fingerprint density at radius 1 is 1.69 bits per heavy atom. The van der Waals surface area contributed by atoms with Gasteiger partial charge in [0.05, 0.1) is 12.9 Å². The largest absolute Gasteiger partial charge is 0.368 e. The smallest absolute Gasteiger partial charge is 0.253 e. The van der Waals surface area contributed by atoms with E-state index in [-0.39, 0.29) is 12.1 Å². The molecule has 1 atom stereocenters. The number of carbonyl (C=O) groups is 1. The Labute approximate surface area is 74.2 Å². The van der Waals surface area contributed by atoms with Gasteiger partial charge in [-0.2, -0.15) is 0 Å². The minimum atomic E-state index is -0.859. The molecule has 1 heterocycles. The number of hydrogen-bond donors (Lipinski definition) is 2. The summed E-state index contributed by atoms with van der Waals surface area (Å²) in [6, 6.07) is 0.426. The van der Waals surface area contributed by atoms with Gasteiger partial charge in [0.1, 0.15) is 6.04 Å². The molecule has 1 rings (SSSR count). The van der Waals surface area contributed by atoms with E-state index >= 15 is 0 Å². The van der Waals surface area contributed by atoms with Gasteiger partial charge in [0.25, 0.3) is 5.56 Å². The van der Waals surface area contributed by atoms with Crippen molar-refractivity contribution in [3.05, 3.63) is 28.9 Å². The van der Waals surface area contributed by atoms with Crippen LogP contribution in [0, 0.1) is 0 Å². The number of hydrogen-bond acceptors (Lipinski definition) is 4. The number of primary amides is 1. The molecular weight excluding hydrogens is 172 g/mol. The topological polar surface area (TPSA) is 104 Å². The van der Waals surface area contributed by atoms with Crippen LogP contribution in [0.4, 0.5) is 0 Å². The number of amides is 1. The molecule has 1 aromatic heterocycles. The second-order valence-corrected chi connectivity index (χ2v) is 2.58. The summed E-state index contributed by atoms with van der Waals surface area (Å²) in [7, 11) is 0. The second kappa shape index (κ2) is 3.81. The molecule has 0 aliphatic carbocycles. The highest BCUT2D eigenvalue weighted by Crippen LogP contribution is 1.83. The third kappa shape index (κ3) is 2.38. The van der Waals surface area contributed by atoms with Crippen LogP contribution in [0.1, 0.15) is 0 Å². The summed E-state index contributed by atoms with van der Waals surface area (Å²) in [6.45, 7) is 0.0575. The molecule has 0 aliphatic rings. The summed E-state index contributed by atoms with van der Waals surface area (Å²) in [5, 5.41) is 0. The molecule has 0 saturated carbocycles. The van der Waals surface area contributed by atoms with Crippen molar-refractivity contribution in [1.29, 1.82) is 0 Å². The molecule has 0 aromatic carbocycles. The summed E-state index contributed by atoms with van der Waals surface area (Å²) in [4.78, 5) is 25.4. The highest BCUT2D eigenvalue weighted by Gasteiger charge is 2.09. The Kier molecular flexibility index (Phi) is 2.76. The normalized spacial score (nSPS) is 12.4. The standard InChI is InChI=1S/C7H10N4O2/c8-5(7(9)13)3-11-4-10-2-1-6(11)12/h1-2,4-5H,3,8H2,(H2,9,13). The Hall–Kier alpha value is -1.69. The highest BCUT2D eigenvalue weighted by molar-refractivity contribution is 5.79. The molecule has 0 spiro atoms. The molecule has 6 nitrogen and oxygen atoms in total. The zero-order valence-electron chi connectivity index (χ0n) is 6.88. The zero-order valence-corrected chi connectivity index (χ0v) is 6.88. The molecule has 0 saturated heterocycles. The van der Waals surface area contributed by atoms with Crippen LogP contribution in [0.3, 0.4) is 0 Å². The predicted molar refractivity (Wildman–Crippen MR) is 45.7 cm³/mol. The minimum Gasteiger partial charge on any atom is -0.368 e. The first-order valence-electron chi connectivity index (χ1n) is 3.66. The van der Waals surface area contributed by atoms with Crippen molar-refractivity contribution < 1.29 is 4.79 Å². The van der Waals surface area contributed by atoms with Crippen LogP contribution in [0.2, 0.25) is 0 Å². The summed E-state index contributed by atoms with van der Waals surface area (Å²) in [5.41, 5.74) is 10.0. The molecule has 0 aliphatic heterocycles. The predicted octanol–water partition coefficient (Wildman–Crippen LogP) is -1.94. The summed E-state index contributed by atoms with van der Waals surface area (Å²) < 4.78 is 1.23. The van der Waals surface area contributed by atoms with Gasteiger partial charge >= 0.3 is 0 Å². The Bertz CT molecular complexity index is 360.